The fourth-order valence-corrected chi connectivity index (χ4v) is 5.56. The first-order valence-electron chi connectivity index (χ1n) is 12.5. The first kappa shape index (κ1) is 23.9. The predicted octanol–water partition coefficient (Wildman–Crippen LogP) is 6.85. The van der Waals surface area contributed by atoms with Gasteiger partial charge >= 0.3 is 0 Å². The molecule has 3 aromatic heterocycles. The maximum absolute atomic E-state index is 6.03. The lowest BCUT2D eigenvalue weighted by Gasteiger charge is -2.28. The van der Waals surface area contributed by atoms with Crippen molar-refractivity contribution in [1.82, 2.24) is 19.9 Å². The molecule has 7 heteroatoms. The minimum Gasteiger partial charge on any atom is -0.457 e. The number of nitrogens with zero attached hydrogens (tertiary/aromatic N) is 4. The highest BCUT2D eigenvalue weighted by atomic mass is 32.1. The van der Waals surface area contributed by atoms with Crippen LogP contribution in [-0.4, -0.2) is 19.6 Å². The highest BCUT2D eigenvalue weighted by Crippen LogP contribution is 2.44. The molecule has 1 aliphatic heterocycles. The molecule has 0 bridgehead atoms. The summed E-state index contributed by atoms with van der Waals surface area (Å²) in [7, 11) is 0. The number of ether oxygens (including phenoxy) is 1. The predicted molar refractivity (Wildman–Crippen MR) is 154 cm³/mol. The van der Waals surface area contributed by atoms with Crippen molar-refractivity contribution in [3.8, 4) is 17.2 Å². The van der Waals surface area contributed by atoms with Crippen LogP contribution < -0.4 is 15.0 Å². The summed E-state index contributed by atoms with van der Waals surface area (Å²) in [5.41, 5.74) is 6.41. The number of anilines is 1. The van der Waals surface area contributed by atoms with Crippen molar-refractivity contribution in [2.24, 2.45) is 0 Å². The summed E-state index contributed by atoms with van der Waals surface area (Å²) < 4.78 is 8.27. The number of benzene rings is 2. The van der Waals surface area contributed by atoms with Gasteiger partial charge in [-0.2, -0.15) is 0 Å². The van der Waals surface area contributed by atoms with E-state index in [1.807, 2.05) is 79.1 Å². The zero-order valence-corrected chi connectivity index (χ0v) is 22.0. The second-order valence-electron chi connectivity index (χ2n) is 9.28. The lowest BCUT2D eigenvalue weighted by Crippen LogP contribution is -2.29. The Morgan fingerprint density at radius 3 is 2.29 bits per heavy atom. The lowest BCUT2D eigenvalue weighted by atomic mass is 9.96. The smallest absolute Gasteiger partial charge is 0.174 e. The van der Waals surface area contributed by atoms with Crippen LogP contribution in [0.3, 0.4) is 0 Å². The fourth-order valence-electron chi connectivity index (χ4n) is 5.22. The van der Waals surface area contributed by atoms with E-state index in [-0.39, 0.29) is 12.1 Å². The van der Waals surface area contributed by atoms with Gasteiger partial charge in [-0.3, -0.25) is 9.97 Å². The number of rotatable bonds is 6. The summed E-state index contributed by atoms with van der Waals surface area (Å²) in [4.78, 5) is 11.2. The van der Waals surface area contributed by atoms with Gasteiger partial charge in [0.2, 0.25) is 0 Å². The molecule has 0 amide bonds. The molecule has 0 aliphatic carbocycles. The summed E-state index contributed by atoms with van der Waals surface area (Å²) in [5.74, 6) is 1.57. The third-order valence-electron chi connectivity index (χ3n) is 6.88. The first-order valence-corrected chi connectivity index (χ1v) is 12.9. The molecule has 1 aliphatic rings. The van der Waals surface area contributed by atoms with Crippen molar-refractivity contribution in [2.45, 2.75) is 25.9 Å². The van der Waals surface area contributed by atoms with Crippen molar-refractivity contribution < 1.29 is 4.74 Å². The van der Waals surface area contributed by atoms with Crippen molar-refractivity contribution in [3.63, 3.8) is 0 Å². The van der Waals surface area contributed by atoms with Crippen molar-refractivity contribution in [3.05, 3.63) is 132 Å². The topological polar surface area (TPSA) is 55.2 Å². The average molecular weight is 518 g/mol. The molecule has 6 rings (SSSR count). The largest absolute Gasteiger partial charge is 0.457 e. The third kappa shape index (κ3) is 4.41. The zero-order valence-electron chi connectivity index (χ0n) is 21.2. The van der Waals surface area contributed by atoms with Crippen LogP contribution in [0.25, 0.3) is 5.69 Å². The van der Waals surface area contributed by atoms with Crippen LogP contribution >= 0.6 is 12.2 Å². The monoisotopic (exact) mass is 517 g/mol. The van der Waals surface area contributed by atoms with Gasteiger partial charge in [-0.05, 0) is 98.4 Å². The van der Waals surface area contributed by atoms with E-state index >= 15 is 0 Å². The highest BCUT2D eigenvalue weighted by molar-refractivity contribution is 7.80. The third-order valence-corrected chi connectivity index (χ3v) is 7.20. The number of aryl methyl sites for hydroxylation is 1. The van der Waals surface area contributed by atoms with E-state index < -0.39 is 0 Å². The van der Waals surface area contributed by atoms with Gasteiger partial charge in [0, 0.05) is 29.5 Å². The van der Waals surface area contributed by atoms with Crippen LogP contribution in [0.5, 0.6) is 11.5 Å². The number of thiocarbonyl (C=S) groups is 1. The number of hydrogen-bond acceptors (Lipinski definition) is 4. The van der Waals surface area contributed by atoms with Gasteiger partial charge in [0.1, 0.15) is 11.5 Å². The molecule has 1 saturated heterocycles. The molecule has 38 heavy (non-hydrogen) atoms. The SMILES string of the molecule is Cc1cc([C@H]2[C@H](c3ccccn3)NC(=S)N2c2ccc(Oc3ccccc3)cc2)c(C)n1-c1cccnc1. The maximum atomic E-state index is 6.03. The van der Waals surface area contributed by atoms with E-state index in [0.29, 0.717) is 5.11 Å². The van der Waals surface area contributed by atoms with E-state index in [1.54, 1.807) is 6.20 Å². The summed E-state index contributed by atoms with van der Waals surface area (Å²) in [6, 6.07) is 29.9. The zero-order chi connectivity index (χ0) is 26.1. The molecular weight excluding hydrogens is 490 g/mol. The number of nitrogens with one attached hydrogen (secondary N) is 1. The van der Waals surface area contributed by atoms with Gasteiger partial charge in [-0.1, -0.05) is 24.3 Å². The second kappa shape index (κ2) is 10.1. The molecule has 0 saturated carbocycles. The van der Waals surface area contributed by atoms with Crippen molar-refractivity contribution in [1.29, 1.82) is 0 Å². The van der Waals surface area contributed by atoms with Crippen LogP contribution in [0.4, 0.5) is 5.69 Å². The maximum Gasteiger partial charge on any atom is 0.174 e. The van der Waals surface area contributed by atoms with E-state index in [4.69, 9.17) is 21.9 Å². The van der Waals surface area contributed by atoms with Gasteiger partial charge in [-0.15, -0.1) is 0 Å². The Morgan fingerprint density at radius 1 is 0.816 bits per heavy atom. The molecule has 0 unspecified atom stereocenters. The number of pyridine rings is 2. The normalized spacial score (nSPS) is 16.9. The summed E-state index contributed by atoms with van der Waals surface area (Å²) in [6.45, 7) is 4.28. The Labute approximate surface area is 227 Å². The number of para-hydroxylation sites is 1. The molecule has 2 aromatic carbocycles. The van der Waals surface area contributed by atoms with Gasteiger partial charge in [-0.25, -0.2) is 0 Å². The Kier molecular flexibility index (Phi) is 6.35. The van der Waals surface area contributed by atoms with E-state index in [1.165, 1.54) is 5.56 Å². The Bertz CT molecular complexity index is 1550. The number of hydrogen-bond donors (Lipinski definition) is 1. The van der Waals surface area contributed by atoms with E-state index in [2.05, 4.69) is 57.9 Å². The number of aromatic nitrogens is 3. The van der Waals surface area contributed by atoms with Crippen LogP contribution in [-0.2, 0) is 0 Å². The van der Waals surface area contributed by atoms with Crippen LogP contribution in [0.1, 0.15) is 34.7 Å². The Morgan fingerprint density at radius 2 is 1.58 bits per heavy atom. The lowest BCUT2D eigenvalue weighted by molar-refractivity contribution is 0.482. The Hall–Kier alpha value is -4.49. The molecule has 1 fully saturated rings. The molecule has 4 heterocycles. The van der Waals surface area contributed by atoms with Crippen LogP contribution in [0.2, 0.25) is 0 Å². The molecule has 2 atom stereocenters. The molecular formula is C31H27N5OS. The van der Waals surface area contributed by atoms with Gasteiger partial charge < -0.3 is 19.5 Å². The molecule has 0 spiro atoms. The molecule has 0 radical (unpaired) electrons. The fraction of sp³-hybridized carbons (Fsp3) is 0.129. The van der Waals surface area contributed by atoms with Crippen LogP contribution in [0.15, 0.2) is 110 Å². The Balaban J connectivity index is 1.42. The minimum atomic E-state index is -0.119. The molecule has 6 nitrogen and oxygen atoms in total. The summed E-state index contributed by atoms with van der Waals surface area (Å²) in [5, 5.41) is 4.22. The van der Waals surface area contributed by atoms with E-state index in [9.17, 15) is 0 Å². The first-order chi connectivity index (χ1) is 18.6. The summed E-state index contributed by atoms with van der Waals surface area (Å²) >= 11 is 5.93. The average Bonchev–Trinajstić information content (AvgIpc) is 3.45. The minimum absolute atomic E-state index is 0.102. The van der Waals surface area contributed by atoms with Gasteiger partial charge in [0.15, 0.2) is 5.11 Å². The molecule has 188 valence electrons. The van der Waals surface area contributed by atoms with Gasteiger partial charge in [0.05, 0.1) is 29.7 Å². The second-order valence-corrected chi connectivity index (χ2v) is 9.67. The molecule has 5 aromatic rings. The van der Waals surface area contributed by atoms with Crippen molar-refractivity contribution >= 4 is 23.0 Å². The van der Waals surface area contributed by atoms with Gasteiger partial charge in [0.25, 0.3) is 0 Å². The van der Waals surface area contributed by atoms with Crippen molar-refractivity contribution in [2.75, 3.05) is 4.90 Å². The van der Waals surface area contributed by atoms with E-state index in [0.717, 1.165) is 40.0 Å². The standard InChI is InChI=1S/C31H27N5OS/c1-21-19-27(22(2)35(21)24-9-8-17-32-20-24)30-29(28-12-6-7-18-33-28)34-31(38)36(30)23-13-15-26(16-14-23)37-25-10-4-3-5-11-25/h3-20,29-30H,1-2H3,(H,34,38)/t29-,30-/m0/s1. The highest BCUT2D eigenvalue weighted by Gasteiger charge is 2.42. The molecule has 1 N–H and O–H groups in total. The van der Waals surface area contributed by atoms with Crippen LogP contribution in [0, 0.1) is 13.8 Å². The quantitative estimate of drug-likeness (QED) is 0.249. The summed E-state index contributed by atoms with van der Waals surface area (Å²) in [6.07, 6.45) is 5.51.